The number of amidine groups is 1. The van der Waals surface area contributed by atoms with E-state index in [2.05, 4.69) is 12.2 Å². The maximum atomic E-state index is 13.0. The van der Waals surface area contributed by atoms with Gasteiger partial charge in [-0.15, -0.1) is 0 Å². The zero-order valence-corrected chi connectivity index (χ0v) is 28.7. The summed E-state index contributed by atoms with van der Waals surface area (Å²) >= 11 is 0.725. The molecule has 42 heavy (non-hydrogen) atoms. The van der Waals surface area contributed by atoms with Gasteiger partial charge in [-0.25, -0.2) is 0 Å². The first-order valence-corrected chi connectivity index (χ1v) is 17.4. The Kier molecular flexibility index (Phi) is 16.2. The number of nitrogens with one attached hydrogen (secondary N) is 1. The van der Waals surface area contributed by atoms with E-state index in [4.69, 9.17) is 0 Å². The molecule has 4 unspecified atom stereocenters. The number of aliphatic hydroxyl groups excluding tert-OH is 1. The van der Waals surface area contributed by atoms with Crippen LogP contribution in [0.15, 0.2) is 11.5 Å². The van der Waals surface area contributed by atoms with Crippen molar-refractivity contribution in [1.82, 2.24) is 10.2 Å². The van der Waals surface area contributed by atoms with Crippen LogP contribution in [0.25, 0.3) is 0 Å². The van der Waals surface area contributed by atoms with Gasteiger partial charge in [0.25, 0.3) is 0 Å². The number of quaternary nitrogens is 2. The van der Waals surface area contributed by atoms with Crippen LogP contribution in [0.3, 0.4) is 0 Å². The molecular formula is C30H56AsN5O6. The van der Waals surface area contributed by atoms with Crippen molar-refractivity contribution < 1.29 is 28.7 Å². The molecule has 11 nitrogen and oxygen atoms in total. The Morgan fingerprint density at radius 3 is 1.90 bits per heavy atom. The molecule has 0 bridgehead atoms. The third kappa shape index (κ3) is 10.4. The second kappa shape index (κ2) is 18.5. The molecule has 0 spiro atoms. The first-order chi connectivity index (χ1) is 20.0. The van der Waals surface area contributed by atoms with Gasteiger partial charge in [-0.1, -0.05) is 71.1 Å². The fourth-order valence-corrected chi connectivity index (χ4v) is 6.24. The predicted octanol–water partition coefficient (Wildman–Crippen LogP) is 4.51. The van der Waals surface area contributed by atoms with Gasteiger partial charge >= 0.3 is 148 Å². The van der Waals surface area contributed by atoms with Crippen molar-refractivity contribution in [3.8, 4) is 0 Å². The fraction of sp³-hybridized carbons (Fsp3) is 0.833. The van der Waals surface area contributed by atoms with Crippen molar-refractivity contribution in [2.24, 2.45) is 0 Å². The van der Waals surface area contributed by atoms with Gasteiger partial charge in [0.05, 0.1) is 6.10 Å². The van der Waals surface area contributed by atoms with E-state index in [1.807, 2.05) is 0 Å². The number of nitrogens with zero attached hydrogens (tertiary/aromatic N) is 4. The molecule has 2 aliphatic heterocycles. The van der Waals surface area contributed by atoms with Gasteiger partial charge in [-0.2, -0.15) is 0 Å². The van der Waals surface area contributed by atoms with Gasteiger partial charge in [0.1, 0.15) is 0 Å². The first-order valence-electron chi connectivity index (χ1n) is 16.2. The summed E-state index contributed by atoms with van der Waals surface area (Å²) in [5.74, 6) is -1.46. The molecule has 12 heteroatoms. The second-order valence-corrected chi connectivity index (χ2v) is 13.3. The SMILES string of the molecule is CCCCCCCCCCCCNCC(O)CCCCCCCCCN1C(=O)C2=C([N+]([O-])=C([AsH2])[N+]2(C)[O-])[N+](C)([O-])C1=O. The van der Waals surface area contributed by atoms with Crippen molar-refractivity contribution in [3.63, 3.8) is 0 Å². The molecular weight excluding hydrogens is 601 g/mol. The zero-order chi connectivity index (χ0) is 31.2. The van der Waals surface area contributed by atoms with Crippen LogP contribution in [0.4, 0.5) is 4.79 Å². The van der Waals surface area contributed by atoms with Crippen LogP contribution in [-0.2, 0) is 4.79 Å². The fourth-order valence-electron chi connectivity index (χ4n) is 5.71. The summed E-state index contributed by atoms with van der Waals surface area (Å²) in [6.07, 6.45) is 20.1. The van der Waals surface area contributed by atoms with Crippen LogP contribution >= 0.6 is 0 Å². The molecule has 0 radical (unpaired) electrons. The Hall–Kier alpha value is -1.33. The van der Waals surface area contributed by atoms with E-state index >= 15 is 0 Å². The third-order valence-corrected chi connectivity index (χ3v) is 9.96. The van der Waals surface area contributed by atoms with Gasteiger partial charge in [0.2, 0.25) is 0 Å². The Labute approximate surface area is 261 Å². The van der Waals surface area contributed by atoms with E-state index in [0.717, 1.165) is 87.3 Å². The Bertz CT molecular complexity index is 939. The van der Waals surface area contributed by atoms with Crippen molar-refractivity contribution in [2.75, 3.05) is 33.7 Å². The molecule has 0 aromatic carbocycles. The predicted molar refractivity (Wildman–Crippen MR) is 168 cm³/mol. The maximum absolute atomic E-state index is 13.0. The summed E-state index contributed by atoms with van der Waals surface area (Å²) in [7, 11) is 2.14. The number of hydrogen-bond donors (Lipinski definition) is 2. The number of amides is 3. The number of aliphatic hydroxyl groups is 1. The number of carbonyl (C=O) groups excluding carboxylic acids is 2. The number of urea groups is 1. The summed E-state index contributed by atoms with van der Waals surface area (Å²) in [6.45, 7) is 3.93. The van der Waals surface area contributed by atoms with Crippen molar-refractivity contribution in [2.45, 2.75) is 129 Å². The molecule has 2 aliphatic rings. The van der Waals surface area contributed by atoms with Gasteiger partial charge in [0.15, 0.2) is 0 Å². The number of likely N-dealkylation sites (N-methyl/N-ethyl adjacent to an activating group) is 1. The Morgan fingerprint density at radius 1 is 0.833 bits per heavy atom. The molecule has 0 fully saturated rings. The van der Waals surface area contributed by atoms with Crippen LogP contribution in [-0.4, -0.2) is 97.3 Å². The second-order valence-electron chi connectivity index (χ2n) is 12.2. The van der Waals surface area contributed by atoms with Gasteiger partial charge in [-0.05, 0) is 19.4 Å². The quantitative estimate of drug-likeness (QED) is 0.0542. The summed E-state index contributed by atoms with van der Waals surface area (Å²) in [6, 6.07) is -1.03. The topological polar surface area (TPSA) is 142 Å². The number of hydrogen-bond acceptors (Lipinski definition) is 7. The van der Waals surface area contributed by atoms with E-state index in [9.17, 15) is 30.3 Å². The summed E-state index contributed by atoms with van der Waals surface area (Å²) in [4.78, 5) is 26.6. The molecule has 0 aliphatic carbocycles. The summed E-state index contributed by atoms with van der Waals surface area (Å²) in [5.41, 5.74) is -0.460. The van der Waals surface area contributed by atoms with E-state index in [1.165, 1.54) is 64.2 Å². The molecule has 2 heterocycles. The third-order valence-electron chi connectivity index (χ3n) is 8.43. The number of hydroxylamine groups is 7. The van der Waals surface area contributed by atoms with Crippen LogP contribution < -0.4 is 5.32 Å². The van der Waals surface area contributed by atoms with Crippen LogP contribution in [0.1, 0.15) is 122 Å². The summed E-state index contributed by atoms with van der Waals surface area (Å²) < 4.78 is -3.07. The molecule has 2 rings (SSSR count). The van der Waals surface area contributed by atoms with Crippen LogP contribution in [0.2, 0.25) is 0 Å². The molecule has 2 N–H and O–H groups in total. The minimum atomic E-state index is -1.69. The number of rotatable bonds is 23. The number of imide groups is 1. The normalized spacial score (nSPS) is 23.4. The molecule has 3 amide bonds. The summed E-state index contributed by atoms with van der Waals surface area (Å²) in [5, 5.41) is 52.0. The number of carbonyl (C=O) groups is 2. The average molecular weight is 658 g/mol. The van der Waals surface area contributed by atoms with Crippen LogP contribution in [0, 0.1) is 15.6 Å². The molecule has 4 atom stereocenters. The molecule has 0 saturated carbocycles. The molecule has 0 saturated heterocycles. The first kappa shape index (κ1) is 36.9. The van der Waals surface area contributed by atoms with E-state index < -0.39 is 32.7 Å². The Morgan fingerprint density at radius 2 is 1.33 bits per heavy atom. The molecule has 242 valence electrons. The standard InChI is InChI=1S/C30H56AsN5O6/c1-4-5-6-7-8-9-10-13-16-19-22-32-24-25(37)21-18-15-12-11-14-17-20-23-33-28(38)26-27(36(3,42)30(33)39)34(40)29(31)35(26,2)41/h25,32,37H,4-24,31H2,1-3H3. The minimum absolute atomic E-state index is 0.0475. The van der Waals surface area contributed by atoms with E-state index in [1.54, 1.807) is 0 Å². The average Bonchev–Trinajstić information content (AvgIpc) is 3.13. The van der Waals surface area contributed by atoms with Crippen LogP contribution in [0.5, 0.6) is 0 Å². The monoisotopic (exact) mass is 657 g/mol. The van der Waals surface area contributed by atoms with Crippen molar-refractivity contribution >= 4 is 33.4 Å². The molecule has 0 aromatic rings. The van der Waals surface area contributed by atoms with Gasteiger partial charge < -0.3 is 10.4 Å². The zero-order valence-electron chi connectivity index (χ0n) is 26.3. The van der Waals surface area contributed by atoms with Crippen molar-refractivity contribution in [3.05, 3.63) is 27.1 Å². The Balaban J connectivity index is 1.48. The van der Waals surface area contributed by atoms with Gasteiger partial charge in [0, 0.05) is 6.54 Å². The van der Waals surface area contributed by atoms with E-state index in [-0.39, 0.29) is 22.0 Å². The van der Waals surface area contributed by atoms with Crippen molar-refractivity contribution in [1.29, 1.82) is 0 Å². The number of unbranched alkanes of at least 4 members (excludes halogenated alkanes) is 15. The van der Waals surface area contributed by atoms with E-state index in [0.29, 0.717) is 13.0 Å². The van der Waals surface area contributed by atoms with Gasteiger partial charge in [-0.3, -0.25) is 0 Å². The molecule has 0 aromatic heterocycles.